The number of piperazine rings is 1. The summed E-state index contributed by atoms with van der Waals surface area (Å²) in [5.41, 5.74) is 0. The van der Waals surface area contributed by atoms with Gasteiger partial charge in [-0.15, -0.1) is 0 Å². The molecule has 0 N–H and O–H groups in total. The number of hydrogen-bond acceptors (Lipinski definition) is 5. The molecule has 2 aliphatic rings. The quantitative estimate of drug-likeness (QED) is 0.857. The Kier molecular flexibility index (Phi) is 5.11. The van der Waals surface area contributed by atoms with Crippen LogP contribution >= 0.6 is 0 Å². The minimum absolute atomic E-state index is 0.747. The van der Waals surface area contributed by atoms with Crippen molar-refractivity contribution in [3.63, 3.8) is 0 Å². The van der Waals surface area contributed by atoms with Crippen LogP contribution in [0.4, 0.5) is 11.6 Å². The predicted molar refractivity (Wildman–Crippen MR) is 102 cm³/mol. The second kappa shape index (κ2) is 7.83. The van der Waals surface area contributed by atoms with E-state index >= 15 is 0 Å². The van der Waals surface area contributed by atoms with Gasteiger partial charge in [-0.3, -0.25) is 4.90 Å². The van der Waals surface area contributed by atoms with Gasteiger partial charge >= 0.3 is 0 Å². The Labute approximate surface area is 150 Å². The molecule has 132 valence electrons. The molecular weight excluding hydrogens is 310 g/mol. The second-order valence-electron chi connectivity index (χ2n) is 7.12. The summed E-state index contributed by atoms with van der Waals surface area (Å²) >= 11 is 0. The molecule has 2 aromatic rings. The van der Waals surface area contributed by atoms with Gasteiger partial charge in [0, 0.05) is 58.2 Å². The van der Waals surface area contributed by atoms with E-state index in [1.54, 1.807) is 0 Å². The molecule has 5 heteroatoms. The summed E-state index contributed by atoms with van der Waals surface area (Å²) in [6, 6.07) is 12.4. The molecule has 0 amide bonds. The van der Waals surface area contributed by atoms with Crippen LogP contribution in [0.3, 0.4) is 0 Å². The predicted octanol–water partition coefficient (Wildman–Crippen LogP) is 2.52. The van der Waals surface area contributed by atoms with E-state index in [9.17, 15) is 0 Å². The Morgan fingerprint density at radius 1 is 0.800 bits per heavy atom. The molecule has 1 unspecified atom stereocenters. The summed E-state index contributed by atoms with van der Waals surface area (Å²) in [6.07, 6.45) is 6.39. The minimum atomic E-state index is 0.747. The highest BCUT2D eigenvalue weighted by Crippen LogP contribution is 2.23. The highest BCUT2D eigenvalue weighted by atomic mass is 15.3. The molecule has 0 aromatic carbocycles. The van der Waals surface area contributed by atoms with Crippen LogP contribution in [0.25, 0.3) is 0 Å². The molecular formula is C20H27N5. The summed E-state index contributed by atoms with van der Waals surface area (Å²) < 4.78 is 0. The lowest BCUT2D eigenvalue weighted by molar-refractivity contribution is 0.205. The summed E-state index contributed by atoms with van der Waals surface area (Å²) in [5, 5.41) is 0. The standard InChI is InChI=1S/C20H27N5/c1-3-9-21-19(7-1)24-14-12-23(13-15-24)16-18-6-5-11-25(17-18)20-8-2-4-10-22-20/h1-4,7-10,18H,5-6,11-17H2. The van der Waals surface area contributed by atoms with Crippen LogP contribution in [0.1, 0.15) is 12.8 Å². The largest absolute Gasteiger partial charge is 0.356 e. The van der Waals surface area contributed by atoms with Gasteiger partial charge < -0.3 is 9.80 Å². The highest BCUT2D eigenvalue weighted by molar-refractivity contribution is 5.39. The fraction of sp³-hybridized carbons (Fsp3) is 0.500. The lowest BCUT2D eigenvalue weighted by Crippen LogP contribution is -2.50. The second-order valence-corrected chi connectivity index (χ2v) is 7.12. The summed E-state index contributed by atoms with van der Waals surface area (Å²) in [5.74, 6) is 2.99. The van der Waals surface area contributed by atoms with E-state index in [-0.39, 0.29) is 0 Å². The van der Waals surface area contributed by atoms with Crippen molar-refractivity contribution in [1.82, 2.24) is 14.9 Å². The average molecular weight is 337 g/mol. The zero-order valence-electron chi connectivity index (χ0n) is 14.8. The topological polar surface area (TPSA) is 35.5 Å². The first-order chi connectivity index (χ1) is 12.4. The smallest absolute Gasteiger partial charge is 0.128 e. The molecule has 0 bridgehead atoms. The first-order valence-electron chi connectivity index (χ1n) is 9.43. The van der Waals surface area contributed by atoms with Crippen LogP contribution in [0.5, 0.6) is 0 Å². The third kappa shape index (κ3) is 4.10. The van der Waals surface area contributed by atoms with Crippen molar-refractivity contribution in [3.8, 4) is 0 Å². The van der Waals surface area contributed by atoms with Crippen molar-refractivity contribution in [2.45, 2.75) is 12.8 Å². The maximum absolute atomic E-state index is 4.53. The lowest BCUT2D eigenvalue weighted by Gasteiger charge is -2.40. The zero-order chi connectivity index (χ0) is 16.9. The van der Waals surface area contributed by atoms with Crippen molar-refractivity contribution in [2.24, 2.45) is 5.92 Å². The average Bonchev–Trinajstić information content (AvgIpc) is 2.70. The van der Waals surface area contributed by atoms with E-state index in [0.29, 0.717) is 0 Å². The minimum Gasteiger partial charge on any atom is -0.356 e. The number of anilines is 2. The molecule has 25 heavy (non-hydrogen) atoms. The zero-order valence-corrected chi connectivity index (χ0v) is 14.8. The molecule has 0 saturated carbocycles. The first kappa shape index (κ1) is 16.3. The number of aromatic nitrogens is 2. The summed E-state index contributed by atoms with van der Waals surface area (Å²) in [7, 11) is 0. The maximum atomic E-state index is 4.53. The monoisotopic (exact) mass is 337 g/mol. The van der Waals surface area contributed by atoms with Gasteiger partial charge in [0.25, 0.3) is 0 Å². The molecule has 2 aromatic heterocycles. The highest BCUT2D eigenvalue weighted by Gasteiger charge is 2.25. The Bertz CT molecular complexity index is 640. The Morgan fingerprint density at radius 3 is 2.12 bits per heavy atom. The molecule has 4 rings (SSSR count). The number of hydrogen-bond donors (Lipinski definition) is 0. The van der Waals surface area contributed by atoms with Gasteiger partial charge in [-0.1, -0.05) is 12.1 Å². The fourth-order valence-electron chi connectivity index (χ4n) is 4.03. The first-order valence-corrected chi connectivity index (χ1v) is 9.43. The Morgan fingerprint density at radius 2 is 1.48 bits per heavy atom. The third-order valence-electron chi connectivity index (χ3n) is 5.35. The fourth-order valence-corrected chi connectivity index (χ4v) is 4.03. The van der Waals surface area contributed by atoms with E-state index < -0.39 is 0 Å². The van der Waals surface area contributed by atoms with Crippen LogP contribution in [-0.2, 0) is 0 Å². The molecule has 0 aliphatic carbocycles. The van der Waals surface area contributed by atoms with Crippen molar-refractivity contribution in [1.29, 1.82) is 0 Å². The van der Waals surface area contributed by atoms with Gasteiger partial charge in [-0.25, -0.2) is 9.97 Å². The number of nitrogens with zero attached hydrogens (tertiary/aromatic N) is 5. The molecule has 2 saturated heterocycles. The van der Waals surface area contributed by atoms with Crippen LogP contribution < -0.4 is 9.80 Å². The van der Waals surface area contributed by atoms with E-state index in [2.05, 4.69) is 48.9 Å². The molecule has 2 fully saturated rings. The van der Waals surface area contributed by atoms with Crippen LogP contribution in [0.2, 0.25) is 0 Å². The normalized spacial score (nSPS) is 22.2. The van der Waals surface area contributed by atoms with E-state index in [1.165, 1.54) is 19.4 Å². The van der Waals surface area contributed by atoms with Gasteiger partial charge in [0.1, 0.15) is 11.6 Å². The van der Waals surface area contributed by atoms with Crippen molar-refractivity contribution in [3.05, 3.63) is 48.8 Å². The lowest BCUT2D eigenvalue weighted by atomic mass is 9.97. The number of rotatable bonds is 4. The van der Waals surface area contributed by atoms with Crippen LogP contribution in [-0.4, -0.2) is 60.7 Å². The van der Waals surface area contributed by atoms with Crippen molar-refractivity contribution >= 4 is 11.6 Å². The third-order valence-corrected chi connectivity index (χ3v) is 5.35. The van der Waals surface area contributed by atoms with Crippen molar-refractivity contribution < 1.29 is 0 Å². The van der Waals surface area contributed by atoms with Gasteiger partial charge in [0.2, 0.25) is 0 Å². The maximum Gasteiger partial charge on any atom is 0.128 e. The summed E-state index contributed by atoms with van der Waals surface area (Å²) in [4.78, 5) is 16.5. The van der Waals surface area contributed by atoms with Gasteiger partial charge in [-0.05, 0) is 43.0 Å². The number of piperidine rings is 1. The van der Waals surface area contributed by atoms with E-state index in [1.807, 2.05) is 24.5 Å². The van der Waals surface area contributed by atoms with Gasteiger partial charge in [-0.2, -0.15) is 0 Å². The summed E-state index contributed by atoms with van der Waals surface area (Å²) in [6.45, 7) is 7.91. The SMILES string of the molecule is c1ccc(N2CCN(CC3CCCN(c4ccccn4)C3)CC2)nc1. The van der Waals surface area contributed by atoms with Crippen LogP contribution in [0, 0.1) is 5.92 Å². The van der Waals surface area contributed by atoms with Crippen molar-refractivity contribution in [2.75, 3.05) is 55.6 Å². The molecule has 1 atom stereocenters. The Hall–Kier alpha value is -2.14. The van der Waals surface area contributed by atoms with Gasteiger partial charge in [0.15, 0.2) is 0 Å². The molecule has 5 nitrogen and oxygen atoms in total. The Balaban J connectivity index is 1.28. The molecule has 0 radical (unpaired) electrons. The van der Waals surface area contributed by atoms with E-state index in [4.69, 9.17) is 0 Å². The molecule has 4 heterocycles. The van der Waals surface area contributed by atoms with E-state index in [0.717, 1.165) is 56.8 Å². The van der Waals surface area contributed by atoms with Crippen LogP contribution in [0.15, 0.2) is 48.8 Å². The number of pyridine rings is 2. The molecule has 2 aliphatic heterocycles. The molecule has 0 spiro atoms. The van der Waals surface area contributed by atoms with Gasteiger partial charge in [0.05, 0.1) is 0 Å².